The fourth-order valence-electron chi connectivity index (χ4n) is 2.26. The molecular weight excluding hydrogens is 352 g/mol. The Morgan fingerprint density at radius 3 is 1.96 bits per heavy atom. The molecule has 1 aliphatic rings. The number of hydrogen-bond donors (Lipinski definition) is 8. The van der Waals surface area contributed by atoms with Crippen LogP contribution in [0.4, 0.5) is 0 Å². The first-order chi connectivity index (χ1) is 12.0. The van der Waals surface area contributed by atoms with Crippen LogP contribution in [0.5, 0.6) is 11.5 Å². The van der Waals surface area contributed by atoms with Crippen LogP contribution < -0.4 is 0 Å². The third kappa shape index (κ3) is 5.70. The van der Waals surface area contributed by atoms with E-state index in [0.29, 0.717) is 5.56 Å². The maximum Gasteiger partial charge on any atom is 0.335 e. The van der Waals surface area contributed by atoms with E-state index in [9.17, 15) is 14.7 Å². The van der Waals surface area contributed by atoms with E-state index in [1.54, 1.807) is 0 Å². The van der Waals surface area contributed by atoms with E-state index >= 15 is 0 Å². The van der Waals surface area contributed by atoms with Crippen LogP contribution in [0.25, 0.3) is 6.08 Å². The molecule has 2 rings (SSSR count). The van der Waals surface area contributed by atoms with Gasteiger partial charge in [0.15, 0.2) is 17.1 Å². The zero-order valence-corrected chi connectivity index (χ0v) is 13.4. The second kappa shape index (κ2) is 8.63. The molecule has 0 saturated heterocycles. The highest BCUT2D eigenvalue weighted by molar-refractivity contribution is 5.85. The van der Waals surface area contributed by atoms with Gasteiger partial charge in [0.1, 0.15) is 6.10 Å². The summed E-state index contributed by atoms with van der Waals surface area (Å²) in [6.07, 6.45) is -2.89. The Labute approximate surface area is 147 Å². The molecule has 10 heteroatoms. The lowest BCUT2D eigenvalue weighted by molar-refractivity contribution is -0.187. The van der Waals surface area contributed by atoms with Gasteiger partial charge in [-0.2, -0.15) is 0 Å². The van der Waals surface area contributed by atoms with Crippen LogP contribution in [-0.4, -0.2) is 76.7 Å². The van der Waals surface area contributed by atoms with Crippen LogP contribution in [0.1, 0.15) is 18.4 Å². The van der Waals surface area contributed by atoms with Crippen molar-refractivity contribution in [2.45, 2.75) is 36.8 Å². The molecular formula is C16H20O10. The molecule has 1 saturated carbocycles. The van der Waals surface area contributed by atoms with Crippen molar-refractivity contribution >= 4 is 18.0 Å². The summed E-state index contributed by atoms with van der Waals surface area (Å²) in [6, 6.07) is 4.06. The fourth-order valence-corrected chi connectivity index (χ4v) is 2.26. The predicted octanol–water partition coefficient (Wildman–Crippen LogP) is -1.13. The molecule has 0 spiro atoms. The lowest BCUT2D eigenvalue weighted by atomic mass is 9.80. The van der Waals surface area contributed by atoms with E-state index in [2.05, 4.69) is 0 Å². The van der Waals surface area contributed by atoms with Gasteiger partial charge in [0.2, 0.25) is 0 Å². The van der Waals surface area contributed by atoms with Crippen LogP contribution >= 0.6 is 0 Å². The molecule has 144 valence electrons. The summed E-state index contributed by atoms with van der Waals surface area (Å²) in [6.45, 7) is 0. The van der Waals surface area contributed by atoms with Gasteiger partial charge in [-0.1, -0.05) is 6.07 Å². The number of carbonyl (C=O) groups is 2. The number of phenolic OH excluding ortho intramolecular Hbond substituents is 2. The highest BCUT2D eigenvalue weighted by Gasteiger charge is 2.48. The van der Waals surface area contributed by atoms with E-state index in [1.807, 2.05) is 0 Å². The summed E-state index contributed by atoms with van der Waals surface area (Å²) in [4.78, 5) is 20.6. The maximum absolute atomic E-state index is 10.5. The zero-order valence-electron chi connectivity index (χ0n) is 13.4. The number of aliphatic carboxylic acids is 2. The van der Waals surface area contributed by atoms with Gasteiger partial charge in [0, 0.05) is 18.9 Å². The molecule has 2 atom stereocenters. The third-order valence-electron chi connectivity index (χ3n) is 3.70. The first-order valence-electron chi connectivity index (χ1n) is 7.39. The summed E-state index contributed by atoms with van der Waals surface area (Å²) in [5.74, 6) is -3.06. The average Bonchev–Trinajstić information content (AvgIpc) is 2.54. The molecule has 0 bridgehead atoms. The normalized spacial score (nSPS) is 28.2. The molecule has 26 heavy (non-hydrogen) atoms. The van der Waals surface area contributed by atoms with Crippen LogP contribution in [0.15, 0.2) is 24.3 Å². The number of carboxylic acid groups (broad SMARTS) is 2. The molecule has 0 aromatic heterocycles. The fraction of sp³-hybridized carbons (Fsp3) is 0.375. The van der Waals surface area contributed by atoms with E-state index in [1.165, 1.54) is 24.3 Å². The lowest BCUT2D eigenvalue weighted by Crippen LogP contribution is -2.56. The predicted molar refractivity (Wildman–Crippen MR) is 86.3 cm³/mol. The van der Waals surface area contributed by atoms with Crippen molar-refractivity contribution < 1.29 is 50.4 Å². The Morgan fingerprint density at radius 2 is 1.54 bits per heavy atom. The maximum atomic E-state index is 10.5. The first-order valence-corrected chi connectivity index (χ1v) is 7.39. The number of aliphatic hydroxyl groups excluding tert-OH is 3. The molecule has 0 amide bonds. The molecule has 1 fully saturated rings. The number of aromatic hydroxyl groups is 2. The number of rotatable bonds is 3. The van der Waals surface area contributed by atoms with E-state index in [0.717, 1.165) is 6.08 Å². The summed E-state index contributed by atoms with van der Waals surface area (Å²) in [7, 11) is 0. The summed E-state index contributed by atoms with van der Waals surface area (Å²) in [5.41, 5.74) is -1.63. The third-order valence-corrected chi connectivity index (χ3v) is 3.70. The molecule has 10 nitrogen and oxygen atoms in total. The zero-order chi connectivity index (χ0) is 20.1. The van der Waals surface area contributed by atoms with Gasteiger partial charge < -0.3 is 40.9 Å². The minimum Gasteiger partial charge on any atom is -0.504 e. The number of benzene rings is 1. The summed E-state index contributed by atoms with van der Waals surface area (Å²) < 4.78 is 0. The largest absolute Gasteiger partial charge is 0.504 e. The Balaban J connectivity index is 0.000000260. The van der Waals surface area contributed by atoms with Gasteiger partial charge in [-0.05, 0) is 23.8 Å². The second-order valence-corrected chi connectivity index (χ2v) is 5.79. The number of phenols is 2. The van der Waals surface area contributed by atoms with Crippen LogP contribution in [-0.2, 0) is 9.59 Å². The Kier molecular flexibility index (Phi) is 7.10. The first kappa shape index (κ1) is 21.4. The van der Waals surface area contributed by atoms with Crippen LogP contribution in [0, 0.1) is 0 Å². The molecule has 0 radical (unpaired) electrons. The summed E-state index contributed by atoms with van der Waals surface area (Å²) >= 11 is 0. The van der Waals surface area contributed by atoms with E-state index in [-0.39, 0.29) is 11.5 Å². The smallest absolute Gasteiger partial charge is 0.335 e. The number of aliphatic hydroxyl groups is 4. The Hall–Kier alpha value is -2.66. The average molecular weight is 372 g/mol. The molecule has 1 aliphatic carbocycles. The molecule has 1 aromatic rings. The molecule has 2 unspecified atom stereocenters. The molecule has 0 heterocycles. The van der Waals surface area contributed by atoms with Gasteiger partial charge in [0.25, 0.3) is 0 Å². The van der Waals surface area contributed by atoms with Gasteiger partial charge in [0.05, 0.1) is 12.2 Å². The van der Waals surface area contributed by atoms with E-state index in [4.69, 9.17) is 35.7 Å². The standard InChI is InChI=1S/C9H8O4.C7H12O6/c10-7-3-1-6(5-8(7)11)2-4-9(12)13;8-3-1-7(13,6(11)12)2-4(9)5(3)10/h1-5,10-11H,(H,12,13);3-5,8-10,13H,1-2H2,(H,11,12)/b4-2+;. The van der Waals surface area contributed by atoms with Crippen molar-refractivity contribution in [3.63, 3.8) is 0 Å². The second-order valence-electron chi connectivity index (χ2n) is 5.79. The topological polar surface area (TPSA) is 196 Å². The van der Waals surface area contributed by atoms with Gasteiger partial charge >= 0.3 is 11.9 Å². The molecule has 0 aliphatic heterocycles. The van der Waals surface area contributed by atoms with Gasteiger partial charge in [-0.25, -0.2) is 9.59 Å². The minimum atomic E-state index is -2.14. The number of carboxylic acids is 2. The monoisotopic (exact) mass is 372 g/mol. The van der Waals surface area contributed by atoms with Crippen molar-refractivity contribution in [3.05, 3.63) is 29.8 Å². The summed E-state index contributed by atoms with van der Waals surface area (Å²) in [5, 5.41) is 71.5. The van der Waals surface area contributed by atoms with Crippen LogP contribution in [0.3, 0.4) is 0 Å². The van der Waals surface area contributed by atoms with Crippen molar-refractivity contribution in [3.8, 4) is 11.5 Å². The SMILES string of the molecule is O=C(O)/C=C/c1ccc(O)c(O)c1.O=C(O)C1(O)CC(O)C(O)C(O)C1. The highest BCUT2D eigenvalue weighted by atomic mass is 16.4. The Morgan fingerprint density at radius 1 is 1.00 bits per heavy atom. The van der Waals surface area contributed by atoms with Crippen molar-refractivity contribution in [1.82, 2.24) is 0 Å². The quantitative estimate of drug-likeness (QED) is 0.237. The van der Waals surface area contributed by atoms with Crippen molar-refractivity contribution in [2.75, 3.05) is 0 Å². The van der Waals surface area contributed by atoms with Crippen molar-refractivity contribution in [2.24, 2.45) is 0 Å². The lowest BCUT2D eigenvalue weighted by Gasteiger charge is -2.37. The number of hydrogen-bond acceptors (Lipinski definition) is 8. The van der Waals surface area contributed by atoms with Gasteiger partial charge in [-0.3, -0.25) is 0 Å². The van der Waals surface area contributed by atoms with Crippen LogP contribution in [0.2, 0.25) is 0 Å². The minimum absolute atomic E-state index is 0.229. The Bertz CT molecular complexity index is 672. The van der Waals surface area contributed by atoms with E-state index < -0.39 is 48.7 Å². The molecule has 8 N–H and O–H groups in total. The highest BCUT2D eigenvalue weighted by Crippen LogP contribution is 2.29. The van der Waals surface area contributed by atoms with Gasteiger partial charge in [-0.15, -0.1) is 0 Å². The molecule has 1 aromatic carbocycles. The van der Waals surface area contributed by atoms with Crippen molar-refractivity contribution in [1.29, 1.82) is 0 Å².